The monoisotopic (exact) mass is 276 g/mol. The van der Waals surface area contributed by atoms with Crippen molar-refractivity contribution in [3.8, 4) is 0 Å². The third-order valence-electron chi connectivity index (χ3n) is 2.28. The topological polar surface area (TPSA) is 77.7 Å². The molecule has 102 valence electrons. The Balaban J connectivity index is 0.00000162. The van der Waals surface area contributed by atoms with E-state index < -0.39 is 11.9 Å². The fourth-order valence-electron chi connectivity index (χ4n) is 1.08. The Kier molecular flexibility index (Phi) is 5.72. The first kappa shape index (κ1) is 15.1. The van der Waals surface area contributed by atoms with Crippen LogP contribution in [0.1, 0.15) is 6.42 Å². The lowest BCUT2D eigenvalue weighted by atomic mass is 10.2. The van der Waals surface area contributed by atoms with Crippen molar-refractivity contribution in [2.24, 2.45) is 0 Å². The summed E-state index contributed by atoms with van der Waals surface area (Å²) in [5.74, 6) is -1.08. The van der Waals surface area contributed by atoms with Crippen LogP contribution in [0.2, 0.25) is 0 Å². The first-order valence-corrected chi connectivity index (χ1v) is 5.39. The molecule has 0 aromatic rings. The number of carbonyl (C=O) groups excluding carboxylic acids is 2. The van der Waals surface area contributed by atoms with Crippen LogP contribution in [-0.2, 0) is 28.5 Å². The Labute approximate surface area is 108 Å². The Morgan fingerprint density at radius 3 is 2.11 bits per heavy atom. The molecule has 2 heterocycles. The Bertz CT molecular complexity index is 334. The summed E-state index contributed by atoms with van der Waals surface area (Å²) in [6.07, 6.45) is -0.131. The van der Waals surface area contributed by atoms with Crippen molar-refractivity contribution >= 4 is 21.8 Å². The Morgan fingerprint density at radius 2 is 1.61 bits per heavy atom. The van der Waals surface area contributed by atoms with Crippen LogP contribution in [0.4, 0.5) is 0 Å². The van der Waals surface area contributed by atoms with Gasteiger partial charge in [0.2, 0.25) is 0 Å². The number of hydrogen-bond donors (Lipinski definition) is 0. The fourth-order valence-corrected chi connectivity index (χ4v) is 1.08. The molecule has 0 spiro atoms. The Morgan fingerprint density at radius 1 is 1.11 bits per heavy atom. The van der Waals surface area contributed by atoms with Crippen LogP contribution >= 0.6 is 9.90 Å². The van der Waals surface area contributed by atoms with Crippen LogP contribution in [0.15, 0.2) is 12.2 Å². The van der Waals surface area contributed by atoms with Crippen molar-refractivity contribution < 1.29 is 28.5 Å². The van der Waals surface area contributed by atoms with E-state index in [1.807, 2.05) is 0 Å². The van der Waals surface area contributed by atoms with Crippen LogP contribution in [0, 0.1) is 0 Å². The van der Waals surface area contributed by atoms with Gasteiger partial charge in [0.1, 0.15) is 25.4 Å². The molecule has 2 fully saturated rings. The number of ether oxygens (including phenoxy) is 4. The normalized spacial score (nSPS) is 23.6. The quantitative estimate of drug-likeness (QED) is 0.279. The minimum Gasteiger partial charge on any atom is -0.463 e. The highest BCUT2D eigenvalue weighted by atomic mass is 31.0. The van der Waals surface area contributed by atoms with Crippen LogP contribution in [0.25, 0.3) is 0 Å². The standard InChI is InChI=1S/C11H14O6.H3P/c1-7(11(13)17-6-9-4-15-9)2-10(12)16-5-8-3-14-8;/h8-9H,1-6H2;1H3. The minimum absolute atomic E-state index is 0. The van der Waals surface area contributed by atoms with Crippen LogP contribution in [0.3, 0.4) is 0 Å². The van der Waals surface area contributed by atoms with Crippen LogP contribution < -0.4 is 0 Å². The molecule has 2 aliphatic rings. The van der Waals surface area contributed by atoms with Gasteiger partial charge >= 0.3 is 11.9 Å². The molecule has 7 heteroatoms. The maximum Gasteiger partial charge on any atom is 0.334 e. The number of epoxide rings is 2. The predicted octanol–water partition coefficient (Wildman–Crippen LogP) is -0.125. The molecule has 0 radical (unpaired) electrons. The van der Waals surface area contributed by atoms with Crippen molar-refractivity contribution in [3.63, 3.8) is 0 Å². The summed E-state index contributed by atoms with van der Waals surface area (Å²) in [5, 5.41) is 0. The first-order chi connectivity index (χ1) is 8.15. The molecule has 2 saturated heterocycles. The van der Waals surface area contributed by atoms with Gasteiger partial charge in [-0.3, -0.25) is 4.79 Å². The fraction of sp³-hybridized carbons (Fsp3) is 0.636. The molecular formula is C11H17O6P. The molecule has 0 aromatic carbocycles. The maximum atomic E-state index is 11.4. The summed E-state index contributed by atoms with van der Waals surface area (Å²) >= 11 is 0. The predicted molar refractivity (Wildman–Crippen MR) is 66.3 cm³/mol. The summed E-state index contributed by atoms with van der Waals surface area (Å²) in [4.78, 5) is 22.6. The molecule has 0 aromatic heterocycles. The van der Waals surface area contributed by atoms with Crippen molar-refractivity contribution in [2.75, 3.05) is 26.4 Å². The molecule has 6 nitrogen and oxygen atoms in total. The lowest BCUT2D eigenvalue weighted by molar-refractivity contribution is -0.146. The van der Waals surface area contributed by atoms with Gasteiger partial charge in [-0.1, -0.05) is 6.58 Å². The van der Waals surface area contributed by atoms with Gasteiger partial charge in [-0.05, 0) is 0 Å². The molecule has 0 saturated carbocycles. The van der Waals surface area contributed by atoms with Gasteiger partial charge in [-0.15, -0.1) is 0 Å². The smallest absolute Gasteiger partial charge is 0.334 e. The highest BCUT2D eigenvalue weighted by molar-refractivity contribution is 6.92. The van der Waals surface area contributed by atoms with Crippen molar-refractivity contribution in [1.82, 2.24) is 0 Å². The third-order valence-corrected chi connectivity index (χ3v) is 2.28. The molecule has 2 rings (SSSR count). The number of carbonyl (C=O) groups is 2. The second kappa shape index (κ2) is 6.83. The molecule has 18 heavy (non-hydrogen) atoms. The second-order valence-corrected chi connectivity index (χ2v) is 3.97. The van der Waals surface area contributed by atoms with Gasteiger partial charge in [0.25, 0.3) is 0 Å². The summed E-state index contributed by atoms with van der Waals surface area (Å²) in [5.41, 5.74) is 0.0902. The van der Waals surface area contributed by atoms with Gasteiger partial charge in [0.15, 0.2) is 0 Å². The summed E-state index contributed by atoms with van der Waals surface area (Å²) in [6.45, 7) is 5.17. The van der Waals surface area contributed by atoms with Crippen LogP contribution in [0.5, 0.6) is 0 Å². The van der Waals surface area contributed by atoms with E-state index in [-0.39, 0.29) is 47.3 Å². The second-order valence-electron chi connectivity index (χ2n) is 3.97. The minimum atomic E-state index is -0.583. The van der Waals surface area contributed by atoms with E-state index >= 15 is 0 Å². The van der Waals surface area contributed by atoms with Crippen molar-refractivity contribution in [2.45, 2.75) is 18.6 Å². The highest BCUT2D eigenvalue weighted by Crippen LogP contribution is 2.12. The summed E-state index contributed by atoms with van der Waals surface area (Å²) in [7, 11) is 0. The van der Waals surface area contributed by atoms with E-state index in [1.54, 1.807) is 0 Å². The maximum absolute atomic E-state index is 11.4. The van der Waals surface area contributed by atoms with Gasteiger partial charge < -0.3 is 18.9 Å². The van der Waals surface area contributed by atoms with E-state index in [0.29, 0.717) is 13.2 Å². The van der Waals surface area contributed by atoms with E-state index in [1.165, 1.54) is 0 Å². The molecular weight excluding hydrogens is 259 g/mol. The number of rotatable bonds is 7. The Hall–Kier alpha value is -0.970. The van der Waals surface area contributed by atoms with Crippen molar-refractivity contribution in [3.05, 3.63) is 12.2 Å². The average Bonchev–Trinajstić information content (AvgIpc) is 3.16. The molecule has 0 aliphatic carbocycles. The molecule has 0 N–H and O–H groups in total. The van der Waals surface area contributed by atoms with Gasteiger partial charge in [-0.25, -0.2) is 4.79 Å². The van der Waals surface area contributed by atoms with Crippen LogP contribution in [-0.4, -0.2) is 50.6 Å². The number of hydrogen-bond acceptors (Lipinski definition) is 6. The first-order valence-electron chi connectivity index (χ1n) is 5.39. The lowest BCUT2D eigenvalue weighted by Crippen LogP contribution is -2.16. The molecule has 0 amide bonds. The van der Waals surface area contributed by atoms with Gasteiger partial charge in [0.05, 0.1) is 19.6 Å². The van der Waals surface area contributed by atoms with E-state index in [9.17, 15) is 9.59 Å². The zero-order chi connectivity index (χ0) is 12.3. The van der Waals surface area contributed by atoms with E-state index in [0.717, 1.165) is 0 Å². The van der Waals surface area contributed by atoms with Gasteiger partial charge in [-0.2, -0.15) is 9.90 Å². The van der Waals surface area contributed by atoms with E-state index in [4.69, 9.17) is 18.9 Å². The number of esters is 2. The third kappa shape index (κ3) is 5.58. The molecule has 3 unspecified atom stereocenters. The molecule has 3 atom stereocenters. The summed E-state index contributed by atoms with van der Waals surface area (Å²) in [6, 6.07) is 0. The highest BCUT2D eigenvalue weighted by Gasteiger charge is 2.26. The SMILES string of the molecule is C=C(CC(=O)OCC1CO1)C(=O)OCC1CO1.P. The lowest BCUT2D eigenvalue weighted by Gasteiger charge is -2.05. The van der Waals surface area contributed by atoms with Gasteiger partial charge in [0, 0.05) is 5.57 Å². The molecule has 0 bridgehead atoms. The van der Waals surface area contributed by atoms with Crippen molar-refractivity contribution in [1.29, 1.82) is 0 Å². The zero-order valence-corrected chi connectivity index (χ0v) is 11.5. The molecule has 2 aliphatic heterocycles. The largest absolute Gasteiger partial charge is 0.463 e. The average molecular weight is 276 g/mol. The van der Waals surface area contributed by atoms with E-state index in [2.05, 4.69) is 6.58 Å². The zero-order valence-electron chi connectivity index (χ0n) is 10.1. The summed E-state index contributed by atoms with van der Waals surface area (Å²) < 4.78 is 19.5.